The van der Waals surface area contributed by atoms with Gasteiger partial charge in [-0.1, -0.05) is 43.9 Å². The summed E-state index contributed by atoms with van der Waals surface area (Å²) in [6.07, 6.45) is 5.59. The van der Waals surface area contributed by atoms with E-state index in [4.69, 9.17) is 0 Å². The highest BCUT2D eigenvalue weighted by Crippen LogP contribution is 2.34. The molecule has 1 atom stereocenters. The molecule has 2 fully saturated rings. The Kier molecular flexibility index (Phi) is 7.11. The van der Waals surface area contributed by atoms with E-state index in [0.717, 1.165) is 36.8 Å². The second-order valence-electron chi connectivity index (χ2n) is 9.19. The molecule has 1 aliphatic heterocycles. The third kappa shape index (κ3) is 4.95. The molecule has 2 amide bonds. The van der Waals surface area contributed by atoms with Gasteiger partial charge in [0.2, 0.25) is 21.8 Å². The summed E-state index contributed by atoms with van der Waals surface area (Å²) in [5, 5.41) is 3.13. The van der Waals surface area contributed by atoms with E-state index < -0.39 is 15.6 Å². The van der Waals surface area contributed by atoms with Crippen LogP contribution in [0.25, 0.3) is 0 Å². The zero-order valence-corrected chi connectivity index (χ0v) is 19.9. The number of hydrogen-bond acceptors (Lipinski definition) is 4. The highest BCUT2D eigenvalue weighted by molar-refractivity contribution is 7.89. The van der Waals surface area contributed by atoms with Gasteiger partial charge in [0.05, 0.1) is 12.3 Å². The summed E-state index contributed by atoms with van der Waals surface area (Å²) in [7, 11) is -3.62. The fourth-order valence-corrected chi connectivity index (χ4v) is 6.30. The van der Waals surface area contributed by atoms with Crippen LogP contribution < -0.4 is 10.2 Å². The lowest BCUT2D eigenvalue weighted by molar-refractivity contribution is -0.133. The van der Waals surface area contributed by atoms with Crippen molar-refractivity contribution >= 4 is 27.5 Å². The second-order valence-corrected chi connectivity index (χ2v) is 11.3. The molecule has 172 valence electrons. The fourth-order valence-electron chi connectivity index (χ4n) is 4.77. The van der Waals surface area contributed by atoms with E-state index in [1.807, 2.05) is 32.0 Å². The standard InChI is InChI=1S/C23H35N3O4S/c1-5-13-31(29,30)25-15-21(27)26(20-12-11-17(2)14-18(20)3)23(4,16-25)22(28)24-19-9-7-6-8-10-19/h11-12,14,19H,5-10,13,15-16H2,1-4H3,(H,24,28)/t23-/m1/s1. The normalized spacial score (nSPS) is 23.7. The Balaban J connectivity index is 2.01. The summed E-state index contributed by atoms with van der Waals surface area (Å²) >= 11 is 0. The van der Waals surface area contributed by atoms with Crippen LogP contribution in [0, 0.1) is 13.8 Å². The van der Waals surface area contributed by atoms with Crippen molar-refractivity contribution in [2.24, 2.45) is 0 Å². The Bertz CT molecular complexity index is 940. The average molecular weight is 450 g/mol. The van der Waals surface area contributed by atoms with Crippen LogP contribution in [0.4, 0.5) is 5.69 Å². The van der Waals surface area contributed by atoms with E-state index in [0.29, 0.717) is 12.1 Å². The Labute approximate surface area is 186 Å². The van der Waals surface area contributed by atoms with Gasteiger partial charge in [0.1, 0.15) is 5.54 Å². The minimum Gasteiger partial charge on any atom is -0.351 e. The molecule has 0 bridgehead atoms. The molecule has 3 rings (SSSR count). The SMILES string of the molecule is CCCS(=O)(=O)N1CC(=O)N(c2ccc(C)cc2C)[C@@](C)(C(=O)NC2CCCCC2)C1. The summed E-state index contributed by atoms with van der Waals surface area (Å²) in [4.78, 5) is 28.5. The van der Waals surface area contributed by atoms with Crippen molar-refractivity contribution in [3.05, 3.63) is 29.3 Å². The number of amides is 2. The summed E-state index contributed by atoms with van der Waals surface area (Å²) in [5.74, 6) is -0.701. The van der Waals surface area contributed by atoms with Gasteiger partial charge in [-0.2, -0.15) is 4.31 Å². The smallest absolute Gasteiger partial charge is 0.247 e. The zero-order chi connectivity index (χ0) is 22.8. The molecular formula is C23H35N3O4S. The number of nitrogens with zero attached hydrogens (tertiary/aromatic N) is 2. The Hall–Kier alpha value is -1.93. The van der Waals surface area contributed by atoms with Crippen LogP contribution in [0.2, 0.25) is 0 Å². The van der Waals surface area contributed by atoms with Gasteiger partial charge in [0.25, 0.3) is 0 Å². The van der Waals surface area contributed by atoms with Gasteiger partial charge in [-0.25, -0.2) is 8.42 Å². The van der Waals surface area contributed by atoms with Crippen LogP contribution in [0.15, 0.2) is 18.2 Å². The van der Waals surface area contributed by atoms with Crippen molar-refractivity contribution < 1.29 is 18.0 Å². The molecule has 2 aliphatic rings. The fraction of sp³-hybridized carbons (Fsp3) is 0.652. The number of rotatable bonds is 6. The molecule has 1 N–H and O–H groups in total. The molecule has 1 heterocycles. The second kappa shape index (κ2) is 9.28. The topological polar surface area (TPSA) is 86.8 Å². The van der Waals surface area contributed by atoms with Gasteiger partial charge in [0, 0.05) is 18.3 Å². The Morgan fingerprint density at radius 1 is 1.19 bits per heavy atom. The van der Waals surface area contributed by atoms with Crippen LogP contribution in [0.5, 0.6) is 0 Å². The van der Waals surface area contributed by atoms with Crippen molar-refractivity contribution in [1.82, 2.24) is 9.62 Å². The lowest BCUT2D eigenvalue weighted by Gasteiger charge is -2.47. The number of nitrogens with one attached hydrogen (secondary N) is 1. The van der Waals surface area contributed by atoms with Crippen molar-refractivity contribution in [2.45, 2.75) is 77.8 Å². The molecule has 8 heteroatoms. The minimum atomic E-state index is -3.62. The van der Waals surface area contributed by atoms with E-state index in [2.05, 4.69) is 5.32 Å². The van der Waals surface area contributed by atoms with Gasteiger partial charge in [-0.3, -0.25) is 14.5 Å². The van der Waals surface area contributed by atoms with Crippen molar-refractivity contribution in [3.63, 3.8) is 0 Å². The summed E-state index contributed by atoms with van der Waals surface area (Å²) in [6, 6.07) is 5.80. The molecule has 7 nitrogen and oxygen atoms in total. The van der Waals surface area contributed by atoms with Crippen LogP contribution in [-0.2, 0) is 19.6 Å². The van der Waals surface area contributed by atoms with E-state index in [1.165, 1.54) is 15.6 Å². The molecule has 0 spiro atoms. The van der Waals surface area contributed by atoms with Crippen LogP contribution >= 0.6 is 0 Å². The molecule has 31 heavy (non-hydrogen) atoms. The molecule has 0 radical (unpaired) electrons. The van der Waals surface area contributed by atoms with Crippen molar-refractivity contribution in [3.8, 4) is 0 Å². The molecule has 1 saturated carbocycles. The van der Waals surface area contributed by atoms with E-state index in [9.17, 15) is 18.0 Å². The number of anilines is 1. The number of aryl methyl sites for hydroxylation is 2. The van der Waals surface area contributed by atoms with E-state index >= 15 is 0 Å². The largest absolute Gasteiger partial charge is 0.351 e. The van der Waals surface area contributed by atoms with Gasteiger partial charge in [-0.05, 0) is 51.7 Å². The predicted molar refractivity (Wildman–Crippen MR) is 122 cm³/mol. The average Bonchev–Trinajstić information content (AvgIpc) is 2.69. The minimum absolute atomic E-state index is 0.0375. The highest BCUT2D eigenvalue weighted by atomic mass is 32.2. The number of carbonyl (C=O) groups is 2. The number of sulfonamides is 1. The molecule has 0 unspecified atom stereocenters. The van der Waals surface area contributed by atoms with Crippen molar-refractivity contribution in [2.75, 3.05) is 23.7 Å². The Morgan fingerprint density at radius 3 is 2.48 bits per heavy atom. The van der Waals surface area contributed by atoms with Crippen LogP contribution in [0.3, 0.4) is 0 Å². The van der Waals surface area contributed by atoms with Gasteiger partial charge >= 0.3 is 0 Å². The van der Waals surface area contributed by atoms with Gasteiger partial charge in [0.15, 0.2) is 0 Å². The lowest BCUT2D eigenvalue weighted by Crippen LogP contribution is -2.71. The third-order valence-electron chi connectivity index (χ3n) is 6.42. The quantitative estimate of drug-likeness (QED) is 0.723. The first-order chi connectivity index (χ1) is 14.6. The Morgan fingerprint density at radius 2 is 1.87 bits per heavy atom. The third-order valence-corrected chi connectivity index (χ3v) is 8.39. The molecule has 1 aliphatic carbocycles. The predicted octanol–water partition coefficient (Wildman–Crippen LogP) is 2.90. The van der Waals surface area contributed by atoms with Crippen LogP contribution in [-0.4, -0.2) is 55.0 Å². The maximum atomic E-state index is 13.6. The molecular weight excluding hydrogens is 414 g/mol. The first kappa shape index (κ1) is 23.7. The first-order valence-electron chi connectivity index (χ1n) is 11.3. The summed E-state index contributed by atoms with van der Waals surface area (Å²) in [6.45, 7) is 7.07. The highest BCUT2D eigenvalue weighted by Gasteiger charge is 2.51. The number of benzene rings is 1. The van der Waals surface area contributed by atoms with Crippen molar-refractivity contribution in [1.29, 1.82) is 0 Å². The molecule has 1 aromatic carbocycles. The van der Waals surface area contributed by atoms with Gasteiger partial charge in [-0.15, -0.1) is 0 Å². The maximum absolute atomic E-state index is 13.6. The maximum Gasteiger partial charge on any atom is 0.247 e. The molecule has 1 saturated heterocycles. The molecule has 0 aromatic heterocycles. The lowest BCUT2D eigenvalue weighted by atomic mass is 9.90. The number of carbonyl (C=O) groups excluding carboxylic acids is 2. The van der Waals surface area contributed by atoms with Crippen LogP contribution in [0.1, 0.15) is 63.5 Å². The number of hydrogen-bond donors (Lipinski definition) is 1. The summed E-state index contributed by atoms with van der Waals surface area (Å²) in [5.41, 5.74) is 1.28. The van der Waals surface area contributed by atoms with Gasteiger partial charge < -0.3 is 5.32 Å². The molecule has 1 aromatic rings. The summed E-state index contributed by atoms with van der Waals surface area (Å²) < 4.78 is 26.8. The van der Waals surface area contributed by atoms with E-state index in [-0.39, 0.29) is 36.7 Å². The van der Waals surface area contributed by atoms with E-state index in [1.54, 1.807) is 13.8 Å². The monoisotopic (exact) mass is 449 g/mol. The first-order valence-corrected chi connectivity index (χ1v) is 12.9. The zero-order valence-electron chi connectivity index (χ0n) is 19.1. The number of piperazine rings is 1.